The van der Waals surface area contributed by atoms with Crippen LogP contribution < -0.4 is 31.9 Å². The number of nitrogens with one attached hydrogen (secondary N) is 6. The van der Waals surface area contributed by atoms with Gasteiger partial charge < -0.3 is 47.2 Å². The number of carbonyl (C=O) groups excluding carboxylic acids is 6. The van der Waals surface area contributed by atoms with E-state index in [0.29, 0.717) is 0 Å². The lowest BCUT2D eigenvalue weighted by atomic mass is 10.0. The molecular weight excluding hydrogens is 524 g/mol. The van der Waals surface area contributed by atoms with E-state index in [0.717, 1.165) is 6.92 Å². The van der Waals surface area contributed by atoms with Crippen molar-refractivity contribution in [1.82, 2.24) is 31.9 Å². The molecule has 6 amide bonds. The highest BCUT2D eigenvalue weighted by Crippen LogP contribution is 2.06. The minimum absolute atomic E-state index is 0.0864. The molecule has 0 aliphatic carbocycles. The summed E-state index contributed by atoms with van der Waals surface area (Å²) in [7, 11) is 0. The van der Waals surface area contributed by atoms with Gasteiger partial charge in [0.15, 0.2) is 0 Å². The second-order valence-corrected chi connectivity index (χ2v) is 8.91. The molecule has 0 rings (SSSR count). The Hall–Kier alpha value is -4.28. The van der Waals surface area contributed by atoms with Crippen LogP contribution in [-0.4, -0.2) is 107 Å². The molecule has 0 bridgehead atoms. The van der Waals surface area contributed by atoms with Crippen LogP contribution in [0.1, 0.15) is 40.5 Å². The van der Waals surface area contributed by atoms with E-state index < -0.39 is 97.7 Å². The Bertz CT molecular complexity index is 923. The van der Waals surface area contributed by atoms with Gasteiger partial charge in [-0.15, -0.1) is 0 Å². The first-order valence-corrected chi connectivity index (χ1v) is 11.8. The molecule has 39 heavy (non-hydrogen) atoms. The summed E-state index contributed by atoms with van der Waals surface area (Å²) in [5.74, 6) is -7.71. The average molecular weight is 561 g/mol. The minimum Gasteiger partial charge on any atom is -0.481 e. The maximum atomic E-state index is 12.5. The highest BCUT2D eigenvalue weighted by Gasteiger charge is 2.28. The van der Waals surface area contributed by atoms with Gasteiger partial charge in [0.2, 0.25) is 35.4 Å². The number of aliphatic hydroxyl groups is 1. The van der Waals surface area contributed by atoms with E-state index in [9.17, 15) is 38.4 Å². The third-order valence-electron chi connectivity index (χ3n) is 4.85. The van der Waals surface area contributed by atoms with Crippen LogP contribution in [0.5, 0.6) is 0 Å². The fourth-order valence-electron chi connectivity index (χ4n) is 2.98. The zero-order valence-corrected chi connectivity index (χ0v) is 22.0. The molecule has 0 saturated carbocycles. The molecule has 0 radical (unpaired) electrons. The fraction of sp³-hybridized carbons (Fsp3) is 0.636. The van der Waals surface area contributed by atoms with Crippen LogP contribution in [0.3, 0.4) is 0 Å². The van der Waals surface area contributed by atoms with Gasteiger partial charge in [-0.3, -0.25) is 33.6 Å². The number of amides is 6. The summed E-state index contributed by atoms with van der Waals surface area (Å²) < 4.78 is 0. The number of carboxylic acid groups (broad SMARTS) is 2. The molecule has 4 atom stereocenters. The summed E-state index contributed by atoms with van der Waals surface area (Å²) >= 11 is 0. The summed E-state index contributed by atoms with van der Waals surface area (Å²) in [5.41, 5.74) is 0. The van der Waals surface area contributed by atoms with Gasteiger partial charge in [-0.1, -0.05) is 13.8 Å². The third kappa shape index (κ3) is 14.9. The van der Waals surface area contributed by atoms with Gasteiger partial charge in [0, 0.05) is 6.92 Å². The number of hydrogen-bond acceptors (Lipinski definition) is 9. The number of aliphatic hydroxyl groups excluding tert-OH is 1. The Morgan fingerprint density at radius 2 is 1.23 bits per heavy atom. The summed E-state index contributed by atoms with van der Waals surface area (Å²) in [4.78, 5) is 94.1. The lowest BCUT2D eigenvalue weighted by Gasteiger charge is -2.24. The highest BCUT2D eigenvalue weighted by molar-refractivity contribution is 5.95. The molecule has 0 aromatic heterocycles. The average Bonchev–Trinajstić information content (AvgIpc) is 2.82. The first-order chi connectivity index (χ1) is 18.1. The lowest BCUT2D eigenvalue weighted by Crippen LogP contribution is -2.56. The van der Waals surface area contributed by atoms with Crippen molar-refractivity contribution >= 4 is 47.4 Å². The molecule has 0 heterocycles. The highest BCUT2D eigenvalue weighted by atomic mass is 16.4. The summed E-state index contributed by atoms with van der Waals surface area (Å²) in [5, 5.41) is 40.2. The van der Waals surface area contributed by atoms with E-state index in [1.165, 1.54) is 6.92 Å². The van der Waals surface area contributed by atoms with Crippen molar-refractivity contribution in [2.24, 2.45) is 5.92 Å². The molecular formula is C22H36N6O11. The van der Waals surface area contributed by atoms with Crippen molar-refractivity contribution in [1.29, 1.82) is 0 Å². The zero-order chi connectivity index (χ0) is 30.3. The fourth-order valence-corrected chi connectivity index (χ4v) is 2.98. The van der Waals surface area contributed by atoms with Gasteiger partial charge in [-0.25, -0.2) is 4.79 Å². The van der Waals surface area contributed by atoms with Crippen LogP contribution in [0.2, 0.25) is 0 Å². The first kappa shape index (κ1) is 34.7. The normalized spacial score (nSPS) is 13.6. The zero-order valence-electron chi connectivity index (χ0n) is 22.0. The van der Waals surface area contributed by atoms with Gasteiger partial charge in [0.25, 0.3) is 0 Å². The van der Waals surface area contributed by atoms with Crippen molar-refractivity contribution in [3.63, 3.8) is 0 Å². The molecule has 9 N–H and O–H groups in total. The minimum atomic E-state index is -1.57. The van der Waals surface area contributed by atoms with E-state index in [1.807, 2.05) is 0 Å². The molecule has 0 aromatic carbocycles. The monoisotopic (exact) mass is 560 g/mol. The Morgan fingerprint density at radius 3 is 1.72 bits per heavy atom. The molecule has 0 aliphatic rings. The van der Waals surface area contributed by atoms with Gasteiger partial charge in [-0.2, -0.15) is 0 Å². The molecule has 220 valence electrons. The Balaban J connectivity index is 4.81. The van der Waals surface area contributed by atoms with Gasteiger partial charge in [0.05, 0.1) is 26.1 Å². The molecule has 0 fully saturated rings. The smallest absolute Gasteiger partial charge is 0.328 e. The molecule has 0 aliphatic heterocycles. The second-order valence-electron chi connectivity index (χ2n) is 8.91. The summed E-state index contributed by atoms with van der Waals surface area (Å²) in [6.07, 6.45) is -0.580. The van der Waals surface area contributed by atoms with Gasteiger partial charge in [-0.05, 0) is 19.3 Å². The third-order valence-corrected chi connectivity index (χ3v) is 4.85. The molecule has 0 saturated heterocycles. The molecule has 0 aromatic rings. The van der Waals surface area contributed by atoms with Crippen molar-refractivity contribution < 1.29 is 53.7 Å². The number of rotatable bonds is 17. The quantitative estimate of drug-likeness (QED) is 0.0822. The number of carbonyl (C=O) groups is 8. The van der Waals surface area contributed by atoms with Crippen LogP contribution in [0.4, 0.5) is 0 Å². The van der Waals surface area contributed by atoms with E-state index in [-0.39, 0.29) is 12.3 Å². The van der Waals surface area contributed by atoms with E-state index >= 15 is 0 Å². The van der Waals surface area contributed by atoms with Crippen LogP contribution >= 0.6 is 0 Å². The van der Waals surface area contributed by atoms with Crippen molar-refractivity contribution in [3.05, 3.63) is 0 Å². The first-order valence-electron chi connectivity index (χ1n) is 11.8. The van der Waals surface area contributed by atoms with E-state index in [2.05, 4.69) is 31.9 Å². The summed E-state index contributed by atoms with van der Waals surface area (Å²) in [6, 6.07) is -5.30. The Morgan fingerprint density at radius 1 is 0.667 bits per heavy atom. The maximum absolute atomic E-state index is 12.5. The second kappa shape index (κ2) is 17.3. The molecule has 0 unspecified atom stereocenters. The van der Waals surface area contributed by atoms with Crippen LogP contribution in [-0.2, 0) is 38.4 Å². The number of hydrogen-bond donors (Lipinski definition) is 9. The van der Waals surface area contributed by atoms with E-state index in [1.54, 1.807) is 13.8 Å². The van der Waals surface area contributed by atoms with Crippen molar-refractivity contribution in [3.8, 4) is 0 Å². The number of carboxylic acids is 2. The van der Waals surface area contributed by atoms with Crippen LogP contribution in [0, 0.1) is 5.92 Å². The predicted molar refractivity (Wildman–Crippen MR) is 132 cm³/mol. The van der Waals surface area contributed by atoms with Crippen molar-refractivity contribution in [2.45, 2.75) is 64.7 Å². The SMILES string of the molecule is CC(=O)N[C@@H](CC(=O)O)C(=O)NCC(=O)NCC(=O)N[C@@H](C)C(=O)N[C@@H](CC(C)C)C(=O)N[C@@H](CO)C(=O)O. The van der Waals surface area contributed by atoms with Gasteiger partial charge >= 0.3 is 11.9 Å². The van der Waals surface area contributed by atoms with E-state index in [4.69, 9.17) is 15.3 Å². The molecule has 17 heteroatoms. The molecule has 17 nitrogen and oxygen atoms in total. The van der Waals surface area contributed by atoms with Crippen LogP contribution in [0.25, 0.3) is 0 Å². The largest absolute Gasteiger partial charge is 0.481 e. The van der Waals surface area contributed by atoms with Gasteiger partial charge in [0.1, 0.15) is 24.2 Å². The predicted octanol–water partition coefficient (Wildman–Crippen LogP) is -4.20. The lowest BCUT2D eigenvalue weighted by molar-refractivity contribution is -0.143. The Kier molecular flexibility index (Phi) is 15.4. The van der Waals surface area contributed by atoms with Crippen LogP contribution in [0.15, 0.2) is 0 Å². The summed E-state index contributed by atoms with van der Waals surface area (Å²) in [6.45, 7) is 3.82. The van der Waals surface area contributed by atoms with Crippen molar-refractivity contribution in [2.75, 3.05) is 19.7 Å². The maximum Gasteiger partial charge on any atom is 0.328 e. The number of aliphatic carboxylic acids is 2. The standard InChI is InChI=1S/C22H36N6O11/c1-10(2)5-13(21(37)28-15(9-29)22(38)39)27-19(35)11(3)25-17(32)8-23-16(31)7-24-20(36)14(6-18(33)34)26-12(4)30/h10-11,13-15,29H,5-9H2,1-4H3,(H,23,31)(H,24,36)(H,25,32)(H,26,30)(H,27,35)(H,28,37)(H,33,34)(H,38,39)/t11-,13-,14-,15-/m0/s1. The Labute approximate surface area is 223 Å². The topological polar surface area (TPSA) is 269 Å². The molecule has 0 spiro atoms.